The van der Waals surface area contributed by atoms with Crippen molar-refractivity contribution in [3.63, 3.8) is 0 Å². The quantitative estimate of drug-likeness (QED) is 0.781. The molecule has 0 aliphatic carbocycles. The predicted octanol–water partition coefficient (Wildman–Crippen LogP) is 3.84. The number of piperazine rings is 1. The van der Waals surface area contributed by atoms with Gasteiger partial charge in [-0.15, -0.1) is 0 Å². The van der Waals surface area contributed by atoms with Gasteiger partial charge in [-0.3, -0.25) is 9.88 Å². The lowest BCUT2D eigenvalue weighted by molar-refractivity contribution is 0.109. The number of rotatable bonds is 4. The molecule has 1 saturated heterocycles. The summed E-state index contributed by atoms with van der Waals surface area (Å²) in [4.78, 5) is 6.80. The first-order valence-electron chi connectivity index (χ1n) is 9.87. The molecule has 0 bridgehead atoms. The molecule has 28 heavy (non-hydrogen) atoms. The maximum absolute atomic E-state index is 13.2. The van der Waals surface area contributed by atoms with Crippen LogP contribution in [0, 0.1) is 0 Å². The molecule has 1 aromatic heterocycles. The molecule has 6 heteroatoms. The molecule has 0 amide bonds. The van der Waals surface area contributed by atoms with Crippen LogP contribution in [0.15, 0.2) is 53.7 Å². The third-order valence-electron chi connectivity index (χ3n) is 5.66. The fourth-order valence-electron chi connectivity index (χ4n) is 3.79. The zero-order valence-corrected chi connectivity index (χ0v) is 18.3. The average molecular weight is 402 g/mol. The summed E-state index contributed by atoms with van der Waals surface area (Å²) in [5, 5.41) is 0. The summed E-state index contributed by atoms with van der Waals surface area (Å²) in [5.41, 5.74) is 2.34. The summed E-state index contributed by atoms with van der Waals surface area (Å²) in [6, 6.07) is 11.6. The minimum Gasteiger partial charge on any atom is -0.294 e. The lowest BCUT2D eigenvalue weighted by Crippen LogP contribution is -2.54. The standard InChI is InChI=1S/C22H31N3O2S/c1-17-16-24(18(2)19-10-12-23-13-11-19)14-15-25(17)28(26,27)21-8-6-20(7-9-21)22(3,4)5/h6-13,17-18H,14-16H2,1-5H3/t17-,18?/m1/s1. The van der Waals surface area contributed by atoms with E-state index in [1.807, 2.05) is 31.2 Å². The van der Waals surface area contributed by atoms with Crippen molar-refractivity contribution >= 4 is 10.0 Å². The summed E-state index contributed by atoms with van der Waals surface area (Å²) in [6.07, 6.45) is 3.61. The lowest BCUT2D eigenvalue weighted by Gasteiger charge is -2.41. The number of hydrogen-bond acceptors (Lipinski definition) is 4. The minimum atomic E-state index is -3.49. The minimum absolute atomic E-state index is 0.00427. The van der Waals surface area contributed by atoms with Gasteiger partial charge in [-0.1, -0.05) is 32.9 Å². The van der Waals surface area contributed by atoms with Crippen molar-refractivity contribution in [3.05, 3.63) is 59.9 Å². The number of pyridine rings is 1. The van der Waals surface area contributed by atoms with Crippen molar-refractivity contribution in [2.24, 2.45) is 0 Å². The Morgan fingerprint density at radius 2 is 1.64 bits per heavy atom. The van der Waals surface area contributed by atoms with Crippen LogP contribution in [0.25, 0.3) is 0 Å². The summed E-state index contributed by atoms with van der Waals surface area (Å²) in [6.45, 7) is 12.5. The Kier molecular flexibility index (Phi) is 5.94. The van der Waals surface area contributed by atoms with Crippen LogP contribution >= 0.6 is 0 Å². The van der Waals surface area contributed by atoms with E-state index < -0.39 is 10.0 Å². The summed E-state index contributed by atoms with van der Waals surface area (Å²) < 4.78 is 28.1. The number of hydrogen-bond donors (Lipinski definition) is 0. The van der Waals surface area contributed by atoms with Crippen molar-refractivity contribution in [2.75, 3.05) is 19.6 Å². The zero-order chi connectivity index (χ0) is 20.5. The molecular formula is C22H31N3O2S. The highest BCUT2D eigenvalue weighted by atomic mass is 32.2. The smallest absolute Gasteiger partial charge is 0.243 e. The Hall–Kier alpha value is -1.76. The van der Waals surface area contributed by atoms with Crippen LogP contribution in [0.4, 0.5) is 0 Å². The Balaban J connectivity index is 1.74. The molecule has 152 valence electrons. The third-order valence-corrected chi connectivity index (χ3v) is 7.69. The van der Waals surface area contributed by atoms with Gasteiger partial charge in [-0.2, -0.15) is 4.31 Å². The second-order valence-corrected chi connectivity index (χ2v) is 10.6. The lowest BCUT2D eigenvalue weighted by atomic mass is 9.87. The highest BCUT2D eigenvalue weighted by Gasteiger charge is 2.35. The van der Waals surface area contributed by atoms with Gasteiger partial charge in [-0.25, -0.2) is 8.42 Å². The molecule has 3 rings (SSSR count). The van der Waals surface area contributed by atoms with Crippen molar-refractivity contribution in [1.29, 1.82) is 0 Å². The van der Waals surface area contributed by atoms with Crippen molar-refractivity contribution in [1.82, 2.24) is 14.2 Å². The van der Waals surface area contributed by atoms with E-state index in [1.165, 1.54) is 5.56 Å². The molecule has 1 unspecified atom stereocenters. The van der Waals surface area contributed by atoms with E-state index >= 15 is 0 Å². The van der Waals surface area contributed by atoms with Gasteiger partial charge in [0.05, 0.1) is 4.90 Å². The van der Waals surface area contributed by atoms with Gasteiger partial charge in [0.15, 0.2) is 0 Å². The SMILES string of the molecule is CC(c1ccncc1)N1CCN(S(=O)(=O)c2ccc(C(C)(C)C)cc2)[C@H](C)C1. The summed E-state index contributed by atoms with van der Waals surface area (Å²) in [7, 11) is -3.49. The fraction of sp³-hybridized carbons (Fsp3) is 0.500. The van der Waals surface area contributed by atoms with Gasteiger partial charge < -0.3 is 0 Å². The van der Waals surface area contributed by atoms with Gasteiger partial charge in [0.25, 0.3) is 0 Å². The Bertz CT molecular complexity index is 890. The molecule has 2 aromatic rings. The molecule has 2 heterocycles. The van der Waals surface area contributed by atoms with Crippen molar-refractivity contribution in [3.8, 4) is 0 Å². The van der Waals surface area contributed by atoms with E-state index in [1.54, 1.807) is 28.8 Å². The predicted molar refractivity (Wildman–Crippen MR) is 113 cm³/mol. The van der Waals surface area contributed by atoms with E-state index in [-0.39, 0.29) is 17.5 Å². The summed E-state index contributed by atoms with van der Waals surface area (Å²) in [5.74, 6) is 0. The molecule has 1 aliphatic heterocycles. The number of aromatic nitrogens is 1. The van der Waals surface area contributed by atoms with E-state index in [0.717, 1.165) is 5.56 Å². The molecule has 0 saturated carbocycles. The van der Waals surface area contributed by atoms with Crippen LogP contribution in [0.2, 0.25) is 0 Å². The van der Waals surface area contributed by atoms with Gasteiger partial charge in [-0.05, 0) is 54.7 Å². The Morgan fingerprint density at radius 3 is 2.18 bits per heavy atom. The molecule has 2 atom stereocenters. The number of nitrogens with zero attached hydrogens (tertiary/aromatic N) is 3. The maximum atomic E-state index is 13.2. The van der Waals surface area contributed by atoms with Crippen LogP contribution in [0.1, 0.15) is 51.8 Å². The molecule has 0 spiro atoms. The van der Waals surface area contributed by atoms with Gasteiger partial charge >= 0.3 is 0 Å². The molecule has 1 aromatic carbocycles. The summed E-state index contributed by atoms with van der Waals surface area (Å²) >= 11 is 0. The van der Waals surface area contributed by atoms with Crippen molar-refractivity contribution in [2.45, 2.75) is 57.0 Å². The van der Waals surface area contributed by atoms with Gasteiger partial charge in [0.1, 0.15) is 0 Å². The molecule has 1 fully saturated rings. The van der Waals surface area contributed by atoms with E-state index in [0.29, 0.717) is 24.5 Å². The Morgan fingerprint density at radius 1 is 1.04 bits per heavy atom. The Labute approximate surface area is 169 Å². The van der Waals surface area contributed by atoms with Crippen LogP contribution in [0.3, 0.4) is 0 Å². The van der Waals surface area contributed by atoms with E-state index in [9.17, 15) is 8.42 Å². The van der Waals surface area contributed by atoms with Crippen molar-refractivity contribution < 1.29 is 8.42 Å². The fourth-order valence-corrected chi connectivity index (χ4v) is 5.41. The highest BCUT2D eigenvalue weighted by Crippen LogP contribution is 2.28. The zero-order valence-electron chi connectivity index (χ0n) is 17.5. The molecule has 0 N–H and O–H groups in total. The van der Waals surface area contributed by atoms with Crippen LogP contribution < -0.4 is 0 Å². The number of benzene rings is 1. The first-order chi connectivity index (χ1) is 13.1. The van der Waals surface area contributed by atoms with Crippen LogP contribution in [-0.4, -0.2) is 48.3 Å². The monoisotopic (exact) mass is 401 g/mol. The normalized spacial score (nSPS) is 20.8. The molecule has 5 nitrogen and oxygen atoms in total. The first kappa shape index (κ1) is 21.0. The second kappa shape index (κ2) is 7.93. The van der Waals surface area contributed by atoms with Crippen LogP contribution in [0.5, 0.6) is 0 Å². The maximum Gasteiger partial charge on any atom is 0.243 e. The molecule has 1 aliphatic rings. The first-order valence-corrected chi connectivity index (χ1v) is 11.3. The molecular weight excluding hydrogens is 370 g/mol. The van der Waals surface area contributed by atoms with Crippen LogP contribution in [-0.2, 0) is 15.4 Å². The molecule has 0 radical (unpaired) electrons. The highest BCUT2D eigenvalue weighted by molar-refractivity contribution is 7.89. The topological polar surface area (TPSA) is 53.5 Å². The van der Waals surface area contributed by atoms with E-state index in [2.05, 4.69) is 37.6 Å². The van der Waals surface area contributed by atoms with Gasteiger partial charge in [0, 0.05) is 44.1 Å². The van der Waals surface area contributed by atoms with Gasteiger partial charge in [0.2, 0.25) is 10.0 Å². The average Bonchev–Trinajstić information content (AvgIpc) is 2.67. The second-order valence-electron chi connectivity index (χ2n) is 8.69. The largest absolute Gasteiger partial charge is 0.294 e. The third kappa shape index (κ3) is 4.29. The van der Waals surface area contributed by atoms with E-state index in [4.69, 9.17) is 0 Å². The number of sulfonamides is 1.